The van der Waals surface area contributed by atoms with Crippen LogP contribution in [0.2, 0.25) is 0 Å². The van der Waals surface area contributed by atoms with E-state index >= 15 is 0 Å². The van der Waals surface area contributed by atoms with Crippen molar-refractivity contribution in [3.05, 3.63) is 57.9 Å². The monoisotopic (exact) mass is 287 g/mol. The van der Waals surface area contributed by atoms with Crippen LogP contribution >= 0.6 is 0 Å². The van der Waals surface area contributed by atoms with Gasteiger partial charge in [0.05, 0.1) is 29.4 Å². The molecule has 2 rings (SSSR count). The number of nitro groups is 1. The molecule has 0 aromatic heterocycles. The van der Waals surface area contributed by atoms with Gasteiger partial charge in [-0.1, -0.05) is 6.07 Å². The average Bonchev–Trinajstić information content (AvgIpc) is 2.47. The highest BCUT2D eigenvalue weighted by Crippen LogP contribution is 2.34. The number of rotatable bonds is 4. The third kappa shape index (κ3) is 2.90. The molecule has 0 fully saturated rings. The molecule has 0 radical (unpaired) electrons. The summed E-state index contributed by atoms with van der Waals surface area (Å²) in [5.74, 6) is -0.606. The van der Waals surface area contributed by atoms with E-state index in [4.69, 9.17) is 10.00 Å². The minimum atomic E-state index is -0.933. The molecule has 0 aliphatic heterocycles. The molecule has 0 heterocycles. The molecule has 7 heteroatoms. The molecular weight excluding hydrogens is 277 g/mol. The Labute approximate surface area is 119 Å². The zero-order valence-electron chi connectivity index (χ0n) is 11.0. The second kappa shape index (κ2) is 5.88. The lowest BCUT2D eigenvalue weighted by molar-refractivity contribution is -0.386. The first-order valence-corrected chi connectivity index (χ1v) is 5.85. The van der Waals surface area contributed by atoms with Gasteiger partial charge in [-0.25, -0.2) is 0 Å². The standard InChI is InChI=1S/C14H10FN3O3/c1-21-13-7-9(8-16)5-6-11(13)17-12-4-2-3-10(15)14(12)18(19)20/h2-7,17H,1H3. The smallest absolute Gasteiger partial charge is 0.327 e. The SMILES string of the molecule is COc1cc(C#N)ccc1Nc1cccc(F)c1[N+](=O)[O-]. The summed E-state index contributed by atoms with van der Waals surface area (Å²) in [7, 11) is 1.40. The van der Waals surface area contributed by atoms with Crippen LogP contribution in [0.4, 0.5) is 21.5 Å². The molecule has 1 N–H and O–H groups in total. The van der Waals surface area contributed by atoms with Crippen molar-refractivity contribution in [1.29, 1.82) is 5.26 Å². The Kier molecular flexibility index (Phi) is 4.00. The number of nitrogens with one attached hydrogen (secondary N) is 1. The Morgan fingerprint density at radius 2 is 2.10 bits per heavy atom. The number of methoxy groups -OCH3 is 1. The maximum Gasteiger partial charge on any atom is 0.327 e. The van der Waals surface area contributed by atoms with E-state index in [9.17, 15) is 14.5 Å². The normalized spacial score (nSPS) is 9.76. The van der Waals surface area contributed by atoms with Gasteiger partial charge < -0.3 is 10.1 Å². The van der Waals surface area contributed by atoms with E-state index in [1.54, 1.807) is 0 Å². The van der Waals surface area contributed by atoms with Gasteiger partial charge in [-0.15, -0.1) is 0 Å². The highest BCUT2D eigenvalue weighted by molar-refractivity contribution is 5.73. The lowest BCUT2D eigenvalue weighted by Crippen LogP contribution is -2.01. The first-order chi connectivity index (χ1) is 10.1. The van der Waals surface area contributed by atoms with E-state index < -0.39 is 16.4 Å². The van der Waals surface area contributed by atoms with E-state index in [-0.39, 0.29) is 5.69 Å². The second-order valence-electron chi connectivity index (χ2n) is 4.04. The molecule has 0 saturated carbocycles. The average molecular weight is 287 g/mol. The van der Waals surface area contributed by atoms with Crippen LogP contribution in [-0.4, -0.2) is 12.0 Å². The van der Waals surface area contributed by atoms with Gasteiger partial charge in [0.25, 0.3) is 0 Å². The van der Waals surface area contributed by atoms with Gasteiger partial charge in [-0.05, 0) is 24.3 Å². The number of benzene rings is 2. The molecule has 2 aromatic carbocycles. The maximum atomic E-state index is 13.5. The first-order valence-electron chi connectivity index (χ1n) is 5.85. The Balaban J connectivity index is 2.46. The van der Waals surface area contributed by atoms with Crippen molar-refractivity contribution in [3.63, 3.8) is 0 Å². The molecule has 0 saturated heterocycles. The van der Waals surface area contributed by atoms with Crippen molar-refractivity contribution in [1.82, 2.24) is 0 Å². The zero-order valence-corrected chi connectivity index (χ0v) is 11.0. The van der Waals surface area contributed by atoms with Gasteiger partial charge in [-0.2, -0.15) is 9.65 Å². The third-order valence-corrected chi connectivity index (χ3v) is 2.77. The number of halogens is 1. The number of para-hydroxylation sites is 1. The van der Waals surface area contributed by atoms with Gasteiger partial charge in [-0.3, -0.25) is 10.1 Å². The molecule has 106 valence electrons. The van der Waals surface area contributed by atoms with Gasteiger partial charge in [0.15, 0.2) is 0 Å². The number of hydrogen-bond acceptors (Lipinski definition) is 5. The summed E-state index contributed by atoms with van der Waals surface area (Å²) in [6.07, 6.45) is 0. The predicted octanol–water partition coefficient (Wildman–Crippen LogP) is 3.36. The number of hydrogen-bond donors (Lipinski definition) is 1. The fourth-order valence-electron chi connectivity index (χ4n) is 1.81. The molecule has 21 heavy (non-hydrogen) atoms. The quantitative estimate of drug-likeness (QED) is 0.688. The number of nitrogens with zero attached hydrogens (tertiary/aromatic N) is 2. The Morgan fingerprint density at radius 3 is 2.71 bits per heavy atom. The Morgan fingerprint density at radius 1 is 1.33 bits per heavy atom. The lowest BCUT2D eigenvalue weighted by Gasteiger charge is -2.11. The van der Waals surface area contributed by atoms with Crippen LogP contribution < -0.4 is 10.1 Å². The lowest BCUT2D eigenvalue weighted by atomic mass is 10.2. The molecular formula is C14H10FN3O3. The van der Waals surface area contributed by atoms with Crippen LogP contribution in [0.5, 0.6) is 5.75 Å². The van der Waals surface area contributed by atoms with Crippen LogP contribution in [0.25, 0.3) is 0 Å². The van der Waals surface area contributed by atoms with Gasteiger partial charge in [0, 0.05) is 6.07 Å². The van der Waals surface area contributed by atoms with E-state index in [1.165, 1.54) is 37.4 Å². The second-order valence-corrected chi connectivity index (χ2v) is 4.04. The summed E-state index contributed by atoms with van der Waals surface area (Å²) in [6, 6.07) is 10.3. The molecule has 6 nitrogen and oxygen atoms in total. The summed E-state index contributed by atoms with van der Waals surface area (Å²) in [5, 5.41) is 22.5. The van der Waals surface area contributed by atoms with Crippen molar-refractivity contribution in [2.75, 3.05) is 12.4 Å². The molecule has 0 spiro atoms. The molecule has 0 aliphatic carbocycles. The predicted molar refractivity (Wildman–Crippen MR) is 74.0 cm³/mol. The summed E-state index contributed by atoms with van der Waals surface area (Å²) < 4.78 is 18.7. The topological polar surface area (TPSA) is 88.2 Å². The summed E-state index contributed by atoms with van der Waals surface area (Å²) in [5.41, 5.74) is 0.128. The molecule has 0 amide bonds. The van der Waals surface area contributed by atoms with Crippen molar-refractivity contribution in [3.8, 4) is 11.8 Å². The molecule has 0 unspecified atom stereocenters. The number of nitriles is 1. The largest absolute Gasteiger partial charge is 0.495 e. The van der Waals surface area contributed by atoms with Gasteiger partial charge >= 0.3 is 5.69 Å². The first kappa shape index (κ1) is 14.3. The van der Waals surface area contributed by atoms with Crippen LogP contribution in [0.3, 0.4) is 0 Å². The number of nitro benzene ring substituents is 1. The van der Waals surface area contributed by atoms with Crippen LogP contribution in [-0.2, 0) is 0 Å². The molecule has 2 aromatic rings. The summed E-state index contributed by atoms with van der Waals surface area (Å²) in [6.45, 7) is 0. The molecule has 0 atom stereocenters. The zero-order chi connectivity index (χ0) is 15.4. The molecule has 0 aliphatic rings. The number of anilines is 2. The van der Waals surface area contributed by atoms with Crippen molar-refractivity contribution < 1.29 is 14.1 Å². The van der Waals surface area contributed by atoms with E-state index in [0.717, 1.165) is 6.07 Å². The highest BCUT2D eigenvalue weighted by atomic mass is 19.1. The molecule has 0 bridgehead atoms. The maximum absolute atomic E-state index is 13.5. The Hall–Kier alpha value is -3.14. The fourth-order valence-corrected chi connectivity index (χ4v) is 1.81. The van der Waals surface area contributed by atoms with Crippen molar-refractivity contribution in [2.45, 2.75) is 0 Å². The summed E-state index contributed by atoms with van der Waals surface area (Å²) in [4.78, 5) is 10.1. The highest BCUT2D eigenvalue weighted by Gasteiger charge is 2.20. The van der Waals surface area contributed by atoms with Gasteiger partial charge in [0.2, 0.25) is 5.82 Å². The third-order valence-electron chi connectivity index (χ3n) is 2.77. The van der Waals surface area contributed by atoms with Crippen LogP contribution in [0.1, 0.15) is 5.56 Å². The van der Waals surface area contributed by atoms with Crippen molar-refractivity contribution in [2.24, 2.45) is 0 Å². The van der Waals surface area contributed by atoms with Crippen molar-refractivity contribution >= 4 is 17.1 Å². The fraction of sp³-hybridized carbons (Fsp3) is 0.0714. The van der Waals surface area contributed by atoms with Gasteiger partial charge in [0.1, 0.15) is 11.4 Å². The minimum absolute atomic E-state index is 0.00278. The Bertz CT molecular complexity index is 741. The van der Waals surface area contributed by atoms with Crippen LogP contribution in [0, 0.1) is 27.3 Å². The van der Waals surface area contributed by atoms with Crippen LogP contribution in [0.15, 0.2) is 36.4 Å². The number of ether oxygens (including phenoxy) is 1. The van der Waals surface area contributed by atoms with E-state index in [0.29, 0.717) is 17.0 Å². The summed E-state index contributed by atoms with van der Waals surface area (Å²) >= 11 is 0. The van der Waals surface area contributed by atoms with E-state index in [2.05, 4.69) is 5.32 Å². The van der Waals surface area contributed by atoms with E-state index in [1.807, 2.05) is 6.07 Å². The minimum Gasteiger partial charge on any atom is -0.495 e.